The first-order valence-electron chi connectivity index (χ1n) is 7.37. The van der Waals surface area contributed by atoms with E-state index in [0.29, 0.717) is 32.3 Å². The van der Waals surface area contributed by atoms with Gasteiger partial charge in [0.05, 0.1) is 20.1 Å². The summed E-state index contributed by atoms with van der Waals surface area (Å²) in [7, 11) is 0. The molecule has 0 atom stereocenters. The van der Waals surface area contributed by atoms with Crippen LogP contribution in [0.2, 0.25) is 20.1 Å². The van der Waals surface area contributed by atoms with E-state index in [4.69, 9.17) is 69.6 Å². The van der Waals surface area contributed by atoms with Gasteiger partial charge in [-0.25, -0.2) is 0 Å². The van der Waals surface area contributed by atoms with Crippen molar-refractivity contribution in [3.05, 3.63) is 89.3 Å². The number of carbonyl (C=O) groups excluding carboxylic acids is 1. The number of allylic oxidation sites excluding steroid dienone is 5. The van der Waals surface area contributed by atoms with Crippen molar-refractivity contribution in [2.24, 2.45) is 0 Å². The molecule has 0 amide bonds. The molecule has 1 aliphatic carbocycles. The number of phenols is 1. The molecule has 2 aromatic rings. The van der Waals surface area contributed by atoms with Crippen LogP contribution in [0.15, 0.2) is 58.1 Å². The van der Waals surface area contributed by atoms with Gasteiger partial charge in [-0.2, -0.15) is 0 Å². The van der Waals surface area contributed by atoms with Crippen molar-refractivity contribution in [3.8, 4) is 5.75 Å². The minimum Gasteiger partial charge on any atom is -0.505 e. The lowest BCUT2D eigenvalue weighted by atomic mass is 9.90. The number of carbonyl (C=O) groups is 1. The van der Waals surface area contributed by atoms with E-state index in [9.17, 15) is 9.90 Å². The van der Waals surface area contributed by atoms with Crippen LogP contribution in [0.1, 0.15) is 11.1 Å². The van der Waals surface area contributed by atoms with Gasteiger partial charge < -0.3 is 5.11 Å². The van der Waals surface area contributed by atoms with Crippen LogP contribution in [0.5, 0.6) is 5.75 Å². The summed E-state index contributed by atoms with van der Waals surface area (Å²) < 4.78 is 0. The summed E-state index contributed by atoms with van der Waals surface area (Å²) in [6.45, 7) is 0. The van der Waals surface area contributed by atoms with Gasteiger partial charge in [0.25, 0.3) is 0 Å². The second-order valence-electron chi connectivity index (χ2n) is 5.52. The summed E-state index contributed by atoms with van der Waals surface area (Å²) in [6, 6.07) is 7.95. The summed E-state index contributed by atoms with van der Waals surface area (Å²) in [5.74, 6) is -0.612. The fourth-order valence-corrected chi connectivity index (χ4v) is 4.38. The van der Waals surface area contributed by atoms with Gasteiger partial charge in [0.15, 0.2) is 11.5 Å². The van der Waals surface area contributed by atoms with E-state index in [-0.39, 0.29) is 31.6 Å². The lowest BCUT2D eigenvalue weighted by Crippen LogP contribution is -2.04. The fourth-order valence-electron chi connectivity index (χ4n) is 2.65. The molecule has 0 radical (unpaired) electrons. The maximum absolute atomic E-state index is 11.7. The molecule has 0 unspecified atom stereocenters. The quantitative estimate of drug-likeness (QED) is 0.479. The number of rotatable bonds is 2. The van der Waals surface area contributed by atoms with Crippen molar-refractivity contribution < 1.29 is 9.90 Å². The smallest absolute Gasteiger partial charge is 0.181 e. The number of hydrogen-bond donors (Lipinski definition) is 1. The zero-order valence-electron chi connectivity index (χ0n) is 13.2. The summed E-state index contributed by atoms with van der Waals surface area (Å²) in [4.78, 5) is 11.7. The Morgan fingerprint density at radius 1 is 0.778 bits per heavy atom. The summed E-state index contributed by atoms with van der Waals surface area (Å²) in [5.41, 5.74) is 1.65. The van der Waals surface area contributed by atoms with Crippen LogP contribution in [0.4, 0.5) is 0 Å². The van der Waals surface area contributed by atoms with E-state index in [1.807, 2.05) is 0 Å². The molecular weight excluding hydrogens is 473 g/mol. The predicted molar refractivity (Wildman–Crippen MR) is 113 cm³/mol. The van der Waals surface area contributed by atoms with Gasteiger partial charge in [-0.15, -0.1) is 0 Å². The topological polar surface area (TPSA) is 37.3 Å². The van der Waals surface area contributed by atoms with Gasteiger partial charge in [-0.1, -0.05) is 75.7 Å². The van der Waals surface area contributed by atoms with E-state index >= 15 is 0 Å². The SMILES string of the molecule is O=C1C=C(Cl)C(=C(c2cc(Cl)c(O)c(Cl)c2)c2c(Cl)cccc2Cl)C(Cl)=C1. The van der Waals surface area contributed by atoms with Crippen molar-refractivity contribution >= 4 is 81.0 Å². The first-order chi connectivity index (χ1) is 12.7. The standard InChI is InChI=1S/C19H8Cl6O2/c20-10-2-1-3-11(21)17(10)16(8-4-14(24)19(27)15(25)5-8)18-12(22)6-9(26)7-13(18)23/h1-7,27H. The molecule has 138 valence electrons. The highest BCUT2D eigenvalue weighted by molar-refractivity contribution is 6.44. The minimum atomic E-state index is -0.347. The van der Waals surface area contributed by atoms with Crippen molar-refractivity contribution in [1.29, 1.82) is 0 Å². The molecule has 0 fully saturated rings. The van der Waals surface area contributed by atoms with Crippen molar-refractivity contribution in [1.82, 2.24) is 0 Å². The fraction of sp³-hybridized carbons (Fsp3) is 0. The molecule has 0 aliphatic heterocycles. The Hall–Kier alpha value is -1.13. The van der Waals surface area contributed by atoms with Crippen molar-refractivity contribution in [2.75, 3.05) is 0 Å². The van der Waals surface area contributed by atoms with E-state index in [0.717, 1.165) is 0 Å². The van der Waals surface area contributed by atoms with Crippen LogP contribution in [-0.2, 0) is 4.79 Å². The highest BCUT2D eigenvalue weighted by Gasteiger charge is 2.25. The Bertz CT molecular complexity index is 999. The lowest BCUT2D eigenvalue weighted by Gasteiger charge is -2.20. The molecule has 8 heteroatoms. The van der Waals surface area contributed by atoms with Crippen LogP contribution in [0, 0.1) is 0 Å². The Labute approximate surface area is 185 Å². The first-order valence-corrected chi connectivity index (χ1v) is 9.63. The Balaban J connectivity index is 2.47. The van der Waals surface area contributed by atoms with Crippen molar-refractivity contribution in [2.45, 2.75) is 0 Å². The average Bonchev–Trinajstić information content (AvgIpc) is 2.56. The molecule has 0 aromatic heterocycles. The molecule has 0 spiro atoms. The largest absolute Gasteiger partial charge is 0.505 e. The second kappa shape index (κ2) is 8.08. The Kier molecular flexibility index (Phi) is 6.17. The highest BCUT2D eigenvalue weighted by Crippen LogP contribution is 2.46. The van der Waals surface area contributed by atoms with Gasteiger partial charge in [0.2, 0.25) is 0 Å². The normalized spacial score (nSPS) is 14.1. The first kappa shape index (κ1) is 20.6. The summed E-state index contributed by atoms with van der Waals surface area (Å²) >= 11 is 37.7. The van der Waals surface area contributed by atoms with Crippen molar-refractivity contribution in [3.63, 3.8) is 0 Å². The van der Waals surface area contributed by atoms with E-state index in [1.165, 1.54) is 24.3 Å². The van der Waals surface area contributed by atoms with E-state index in [1.54, 1.807) is 18.2 Å². The van der Waals surface area contributed by atoms with Gasteiger partial charge in [0.1, 0.15) is 0 Å². The molecule has 0 saturated heterocycles. The third kappa shape index (κ3) is 4.02. The van der Waals surface area contributed by atoms with E-state index < -0.39 is 0 Å². The molecule has 0 bridgehead atoms. The maximum atomic E-state index is 11.7. The Morgan fingerprint density at radius 3 is 1.74 bits per heavy atom. The molecule has 3 rings (SSSR count). The number of aromatic hydroxyl groups is 1. The van der Waals surface area contributed by atoms with Gasteiger partial charge >= 0.3 is 0 Å². The highest BCUT2D eigenvalue weighted by atomic mass is 35.5. The monoisotopic (exact) mass is 478 g/mol. The average molecular weight is 481 g/mol. The van der Waals surface area contributed by atoms with Crippen LogP contribution < -0.4 is 0 Å². The lowest BCUT2D eigenvalue weighted by molar-refractivity contribution is -0.110. The zero-order valence-corrected chi connectivity index (χ0v) is 17.7. The maximum Gasteiger partial charge on any atom is 0.181 e. The van der Waals surface area contributed by atoms with Gasteiger partial charge in [0, 0.05) is 38.9 Å². The molecule has 2 aromatic carbocycles. The molecule has 0 heterocycles. The third-order valence-corrected chi connectivity index (χ3v) is 5.59. The molecule has 27 heavy (non-hydrogen) atoms. The van der Waals surface area contributed by atoms with Crippen LogP contribution in [-0.4, -0.2) is 10.9 Å². The predicted octanol–water partition coefficient (Wildman–Crippen LogP) is 7.64. The molecule has 1 aliphatic rings. The summed E-state index contributed by atoms with van der Waals surface area (Å²) in [6.07, 6.45) is 2.47. The Morgan fingerprint density at radius 2 is 1.26 bits per heavy atom. The molecule has 2 nitrogen and oxygen atoms in total. The molecular formula is C19H8Cl6O2. The molecule has 1 N–H and O–H groups in total. The third-order valence-electron chi connectivity index (χ3n) is 3.78. The van der Waals surface area contributed by atoms with Gasteiger partial charge in [-0.05, 0) is 29.8 Å². The number of halogens is 6. The van der Waals surface area contributed by atoms with E-state index in [2.05, 4.69) is 0 Å². The van der Waals surface area contributed by atoms with Crippen LogP contribution in [0.3, 0.4) is 0 Å². The summed E-state index contributed by atoms with van der Waals surface area (Å²) in [5, 5.41) is 10.8. The second-order valence-corrected chi connectivity index (χ2v) is 7.97. The van der Waals surface area contributed by atoms with Crippen LogP contribution in [0.25, 0.3) is 5.57 Å². The van der Waals surface area contributed by atoms with Crippen LogP contribution >= 0.6 is 69.6 Å². The minimum absolute atomic E-state index is 0.0193. The number of phenolic OH excluding ortho intramolecular Hbond substituents is 1. The zero-order chi connectivity index (χ0) is 19.9. The number of ketones is 1. The number of benzene rings is 2. The molecule has 0 saturated carbocycles. The van der Waals surface area contributed by atoms with Gasteiger partial charge in [-0.3, -0.25) is 4.79 Å². The number of hydrogen-bond acceptors (Lipinski definition) is 2.